The maximum Gasteiger partial charge on any atom is 0.133 e. The number of hydrogen-bond acceptors (Lipinski definition) is 3. The van der Waals surface area contributed by atoms with Crippen molar-refractivity contribution in [1.29, 1.82) is 0 Å². The summed E-state index contributed by atoms with van der Waals surface area (Å²) in [6.07, 6.45) is 8.55. The van der Waals surface area contributed by atoms with Crippen molar-refractivity contribution in [2.24, 2.45) is 7.05 Å². The third-order valence-electron chi connectivity index (χ3n) is 3.18. The minimum absolute atomic E-state index is 0.0352. The van der Waals surface area contributed by atoms with E-state index in [4.69, 9.17) is 0 Å². The van der Waals surface area contributed by atoms with E-state index in [9.17, 15) is 0 Å². The Morgan fingerprint density at radius 1 is 1.12 bits per heavy atom. The number of nitrogens with zero attached hydrogens (tertiary/aromatic N) is 4. The van der Waals surface area contributed by atoms with Crippen molar-refractivity contribution in [3.8, 4) is 11.1 Å². The lowest BCUT2D eigenvalue weighted by atomic mass is 9.89. The zero-order valence-corrected chi connectivity index (χ0v) is 10.8. The molecule has 2 rings (SSSR count). The second kappa shape index (κ2) is 4.28. The Bertz CT molecular complexity index is 496. The van der Waals surface area contributed by atoms with E-state index in [0.717, 1.165) is 23.4 Å². The minimum atomic E-state index is 0.0352. The van der Waals surface area contributed by atoms with Crippen molar-refractivity contribution in [3.05, 3.63) is 30.6 Å². The molecule has 2 aromatic rings. The van der Waals surface area contributed by atoms with Crippen molar-refractivity contribution in [1.82, 2.24) is 19.7 Å². The van der Waals surface area contributed by atoms with Crippen LogP contribution in [0.15, 0.2) is 24.8 Å². The molecular formula is C13H18N4. The van der Waals surface area contributed by atoms with E-state index < -0.39 is 0 Å². The third kappa shape index (κ3) is 2.35. The van der Waals surface area contributed by atoms with Gasteiger partial charge in [-0.3, -0.25) is 4.68 Å². The largest absolute Gasteiger partial charge is 0.275 e. The Morgan fingerprint density at radius 2 is 1.76 bits per heavy atom. The molecule has 0 fully saturated rings. The predicted octanol–water partition coefficient (Wildman–Crippen LogP) is 2.56. The van der Waals surface area contributed by atoms with Crippen LogP contribution in [0.1, 0.15) is 33.0 Å². The molecule has 0 saturated carbocycles. The summed E-state index contributed by atoms with van der Waals surface area (Å²) in [6, 6.07) is 0. The van der Waals surface area contributed by atoms with E-state index in [1.165, 1.54) is 0 Å². The van der Waals surface area contributed by atoms with E-state index in [1.54, 1.807) is 4.68 Å². The summed E-state index contributed by atoms with van der Waals surface area (Å²) < 4.78 is 1.78. The molecule has 0 aliphatic carbocycles. The molecule has 0 unspecified atom stereocenters. The van der Waals surface area contributed by atoms with E-state index in [0.29, 0.717) is 0 Å². The maximum atomic E-state index is 4.46. The molecule has 0 radical (unpaired) electrons. The van der Waals surface area contributed by atoms with Gasteiger partial charge in [-0.05, 0) is 6.42 Å². The summed E-state index contributed by atoms with van der Waals surface area (Å²) in [5.74, 6) is 0.896. The molecule has 17 heavy (non-hydrogen) atoms. The Hall–Kier alpha value is -1.71. The maximum absolute atomic E-state index is 4.46. The summed E-state index contributed by atoms with van der Waals surface area (Å²) in [5, 5.41) is 4.14. The summed E-state index contributed by atoms with van der Waals surface area (Å²) in [4.78, 5) is 8.92. The molecule has 4 nitrogen and oxygen atoms in total. The fourth-order valence-corrected chi connectivity index (χ4v) is 1.56. The van der Waals surface area contributed by atoms with Gasteiger partial charge < -0.3 is 0 Å². The van der Waals surface area contributed by atoms with Crippen molar-refractivity contribution < 1.29 is 0 Å². The normalized spacial score (nSPS) is 11.8. The minimum Gasteiger partial charge on any atom is -0.275 e. The van der Waals surface area contributed by atoms with Crippen LogP contribution in [-0.2, 0) is 12.5 Å². The number of hydrogen-bond donors (Lipinski definition) is 0. The summed E-state index contributed by atoms with van der Waals surface area (Å²) in [5.41, 5.74) is 2.09. The summed E-state index contributed by atoms with van der Waals surface area (Å²) in [7, 11) is 1.90. The lowest BCUT2D eigenvalue weighted by molar-refractivity contribution is 0.472. The lowest BCUT2D eigenvalue weighted by Crippen LogP contribution is -2.19. The highest BCUT2D eigenvalue weighted by Crippen LogP contribution is 2.24. The average Bonchev–Trinajstić information content (AvgIpc) is 2.76. The molecule has 0 saturated heterocycles. The van der Waals surface area contributed by atoms with Gasteiger partial charge in [0.15, 0.2) is 0 Å². The van der Waals surface area contributed by atoms with E-state index >= 15 is 0 Å². The monoisotopic (exact) mass is 230 g/mol. The van der Waals surface area contributed by atoms with Crippen molar-refractivity contribution in [3.63, 3.8) is 0 Å². The predicted molar refractivity (Wildman–Crippen MR) is 67.6 cm³/mol. The van der Waals surface area contributed by atoms with Crippen LogP contribution in [0.25, 0.3) is 11.1 Å². The van der Waals surface area contributed by atoms with E-state index in [2.05, 4.69) is 35.8 Å². The van der Waals surface area contributed by atoms with Gasteiger partial charge in [0.1, 0.15) is 5.82 Å². The molecule has 0 aliphatic heterocycles. The van der Waals surface area contributed by atoms with Gasteiger partial charge in [-0.1, -0.05) is 20.8 Å². The van der Waals surface area contributed by atoms with Gasteiger partial charge >= 0.3 is 0 Å². The van der Waals surface area contributed by atoms with Gasteiger partial charge in [0.25, 0.3) is 0 Å². The smallest absolute Gasteiger partial charge is 0.133 e. The van der Waals surface area contributed by atoms with Gasteiger partial charge in [0, 0.05) is 42.2 Å². The zero-order valence-electron chi connectivity index (χ0n) is 10.8. The van der Waals surface area contributed by atoms with Crippen LogP contribution in [0.2, 0.25) is 0 Å². The highest BCUT2D eigenvalue weighted by molar-refractivity contribution is 5.59. The van der Waals surface area contributed by atoms with Crippen molar-refractivity contribution >= 4 is 0 Å². The SMILES string of the molecule is CCC(C)(C)c1ncc(-c2cnn(C)c2)cn1. The Morgan fingerprint density at radius 3 is 2.24 bits per heavy atom. The lowest BCUT2D eigenvalue weighted by Gasteiger charge is -2.20. The van der Waals surface area contributed by atoms with Crippen molar-refractivity contribution in [2.75, 3.05) is 0 Å². The van der Waals surface area contributed by atoms with Gasteiger partial charge in [-0.2, -0.15) is 5.10 Å². The first-order chi connectivity index (χ1) is 8.03. The molecule has 2 aromatic heterocycles. The molecule has 90 valence electrons. The molecule has 0 atom stereocenters. The number of aryl methyl sites for hydroxylation is 1. The topological polar surface area (TPSA) is 43.6 Å². The molecule has 0 aromatic carbocycles. The second-order valence-electron chi connectivity index (χ2n) is 4.94. The van der Waals surface area contributed by atoms with Crippen LogP contribution >= 0.6 is 0 Å². The first-order valence-electron chi connectivity index (χ1n) is 5.84. The molecule has 0 bridgehead atoms. The first kappa shape index (κ1) is 11.8. The first-order valence-corrected chi connectivity index (χ1v) is 5.84. The summed E-state index contributed by atoms with van der Waals surface area (Å²) in [6.45, 7) is 6.47. The molecular weight excluding hydrogens is 212 g/mol. The zero-order chi connectivity index (χ0) is 12.5. The molecule has 4 heteroatoms. The fraction of sp³-hybridized carbons (Fsp3) is 0.462. The van der Waals surface area contributed by atoms with Gasteiger partial charge in [0.2, 0.25) is 0 Å². The Kier molecular flexibility index (Phi) is 2.96. The highest BCUT2D eigenvalue weighted by Gasteiger charge is 2.21. The number of rotatable bonds is 3. The highest BCUT2D eigenvalue weighted by atomic mass is 15.2. The van der Waals surface area contributed by atoms with E-state index in [-0.39, 0.29) is 5.41 Å². The van der Waals surface area contributed by atoms with Crippen LogP contribution < -0.4 is 0 Å². The third-order valence-corrected chi connectivity index (χ3v) is 3.18. The molecule has 0 N–H and O–H groups in total. The molecule has 2 heterocycles. The molecule has 0 aliphatic rings. The van der Waals surface area contributed by atoms with Gasteiger partial charge in [-0.25, -0.2) is 9.97 Å². The van der Waals surface area contributed by atoms with Crippen LogP contribution in [0, 0.1) is 0 Å². The average molecular weight is 230 g/mol. The van der Waals surface area contributed by atoms with Crippen LogP contribution in [0.3, 0.4) is 0 Å². The number of aromatic nitrogens is 4. The fourth-order valence-electron chi connectivity index (χ4n) is 1.56. The van der Waals surface area contributed by atoms with E-state index in [1.807, 2.05) is 31.8 Å². The molecule has 0 spiro atoms. The second-order valence-corrected chi connectivity index (χ2v) is 4.94. The Labute approximate surface area is 102 Å². The standard InChI is InChI=1S/C13H18N4/c1-5-13(2,3)12-14-6-10(7-15-12)11-8-16-17(4)9-11/h6-9H,5H2,1-4H3. The quantitative estimate of drug-likeness (QED) is 0.814. The van der Waals surface area contributed by atoms with Gasteiger partial charge in [0.05, 0.1) is 6.20 Å². The Balaban J connectivity index is 2.30. The molecule has 0 amide bonds. The van der Waals surface area contributed by atoms with Crippen LogP contribution in [0.5, 0.6) is 0 Å². The van der Waals surface area contributed by atoms with Gasteiger partial charge in [-0.15, -0.1) is 0 Å². The van der Waals surface area contributed by atoms with Crippen LogP contribution in [0.4, 0.5) is 0 Å². The summed E-state index contributed by atoms with van der Waals surface area (Å²) >= 11 is 0. The van der Waals surface area contributed by atoms with Crippen LogP contribution in [-0.4, -0.2) is 19.7 Å². The van der Waals surface area contributed by atoms with Crippen molar-refractivity contribution in [2.45, 2.75) is 32.6 Å².